The van der Waals surface area contributed by atoms with Crippen molar-refractivity contribution in [2.75, 3.05) is 6.54 Å². The first-order valence-corrected chi connectivity index (χ1v) is 6.70. The predicted octanol–water partition coefficient (Wildman–Crippen LogP) is 1.57. The van der Waals surface area contributed by atoms with Gasteiger partial charge >= 0.3 is 5.97 Å². The van der Waals surface area contributed by atoms with Crippen LogP contribution in [-0.2, 0) is 4.79 Å². The summed E-state index contributed by atoms with van der Waals surface area (Å²) in [7, 11) is 0. The number of amides is 1. The van der Waals surface area contributed by atoms with Crippen LogP contribution < -0.4 is 5.56 Å². The minimum Gasteiger partial charge on any atom is -0.480 e. The van der Waals surface area contributed by atoms with Crippen molar-refractivity contribution in [1.82, 2.24) is 9.88 Å². The van der Waals surface area contributed by atoms with Crippen LogP contribution in [0, 0.1) is 0 Å². The summed E-state index contributed by atoms with van der Waals surface area (Å²) in [5.74, 6) is -1.28. The molecular weight excluding hydrogens is 288 g/mol. The van der Waals surface area contributed by atoms with E-state index in [0.29, 0.717) is 11.5 Å². The number of pyridine rings is 1. The normalized spacial score (nSPS) is 10.7. The fourth-order valence-electron chi connectivity index (χ4n) is 2.01. The maximum absolute atomic E-state index is 12.4. The zero-order valence-electron chi connectivity index (χ0n) is 12.2. The van der Waals surface area contributed by atoms with Crippen molar-refractivity contribution in [1.29, 1.82) is 0 Å². The molecule has 2 N–H and O–H groups in total. The molecule has 2 aromatic rings. The van der Waals surface area contributed by atoms with Crippen molar-refractivity contribution in [3.05, 3.63) is 46.4 Å². The van der Waals surface area contributed by atoms with Gasteiger partial charge in [-0.15, -0.1) is 0 Å². The van der Waals surface area contributed by atoms with Crippen LogP contribution in [0.3, 0.4) is 0 Å². The Kier molecular flexibility index (Phi) is 4.45. The van der Waals surface area contributed by atoms with E-state index < -0.39 is 24.0 Å². The molecule has 0 aliphatic heterocycles. The maximum Gasteiger partial charge on any atom is 0.323 e. The molecule has 22 heavy (non-hydrogen) atoms. The summed E-state index contributed by atoms with van der Waals surface area (Å²) in [6.45, 7) is 2.91. The molecule has 1 amide bonds. The highest BCUT2D eigenvalue weighted by molar-refractivity contribution is 5.95. The summed E-state index contributed by atoms with van der Waals surface area (Å²) in [4.78, 5) is 39.0. The van der Waals surface area contributed by atoms with E-state index in [0.717, 1.165) is 4.90 Å². The Morgan fingerprint density at radius 2 is 2.05 bits per heavy atom. The number of furan rings is 1. The molecule has 0 atom stereocenters. The van der Waals surface area contributed by atoms with Gasteiger partial charge in [0, 0.05) is 6.04 Å². The highest BCUT2D eigenvalue weighted by Crippen LogP contribution is 2.16. The zero-order chi connectivity index (χ0) is 16.3. The van der Waals surface area contributed by atoms with Gasteiger partial charge in [0.25, 0.3) is 11.5 Å². The van der Waals surface area contributed by atoms with Crippen molar-refractivity contribution in [2.45, 2.75) is 19.9 Å². The van der Waals surface area contributed by atoms with E-state index in [1.165, 1.54) is 12.3 Å². The fraction of sp³-hybridized carbons (Fsp3) is 0.267. The molecule has 0 aromatic carbocycles. The highest BCUT2D eigenvalue weighted by atomic mass is 16.4. The molecule has 2 aromatic heterocycles. The summed E-state index contributed by atoms with van der Waals surface area (Å²) in [6, 6.07) is 5.94. The standard InChI is InChI=1S/C15H16N2O5/c1-9(2)17(8-13(18)19)15(21)10-5-6-11(16-14(10)20)12-4-3-7-22-12/h3-7,9H,8H2,1-2H3,(H,16,20)(H,18,19). The molecule has 0 aliphatic rings. The van der Waals surface area contributed by atoms with Gasteiger partial charge in [0.05, 0.1) is 12.0 Å². The number of carboxylic acids is 1. The summed E-state index contributed by atoms with van der Waals surface area (Å²) >= 11 is 0. The van der Waals surface area contributed by atoms with Crippen LogP contribution >= 0.6 is 0 Å². The summed E-state index contributed by atoms with van der Waals surface area (Å²) in [5, 5.41) is 8.87. The first-order valence-electron chi connectivity index (χ1n) is 6.70. The van der Waals surface area contributed by atoms with Gasteiger partial charge in [-0.1, -0.05) is 0 Å². The van der Waals surface area contributed by atoms with E-state index in [-0.39, 0.29) is 11.6 Å². The molecule has 7 heteroatoms. The van der Waals surface area contributed by atoms with Crippen LogP contribution in [-0.4, -0.2) is 39.5 Å². The van der Waals surface area contributed by atoms with Gasteiger partial charge in [0.2, 0.25) is 0 Å². The average molecular weight is 304 g/mol. The van der Waals surface area contributed by atoms with Crippen molar-refractivity contribution in [3.63, 3.8) is 0 Å². The number of hydrogen-bond acceptors (Lipinski definition) is 4. The summed E-state index contributed by atoms with van der Waals surface area (Å²) in [6.07, 6.45) is 1.47. The van der Waals surface area contributed by atoms with E-state index in [4.69, 9.17) is 9.52 Å². The lowest BCUT2D eigenvalue weighted by atomic mass is 10.2. The van der Waals surface area contributed by atoms with Gasteiger partial charge in [0.1, 0.15) is 17.9 Å². The molecule has 0 saturated heterocycles. The van der Waals surface area contributed by atoms with Gasteiger partial charge < -0.3 is 19.4 Å². The van der Waals surface area contributed by atoms with E-state index in [1.54, 1.807) is 32.0 Å². The number of aromatic nitrogens is 1. The number of aliphatic carboxylic acids is 1. The number of hydrogen-bond donors (Lipinski definition) is 2. The quantitative estimate of drug-likeness (QED) is 0.872. The number of aromatic amines is 1. The minimum absolute atomic E-state index is 0.106. The van der Waals surface area contributed by atoms with Crippen molar-refractivity contribution >= 4 is 11.9 Å². The number of carbonyl (C=O) groups is 2. The lowest BCUT2D eigenvalue weighted by molar-refractivity contribution is -0.138. The monoisotopic (exact) mass is 304 g/mol. The molecule has 2 heterocycles. The zero-order valence-corrected chi connectivity index (χ0v) is 12.2. The van der Waals surface area contributed by atoms with Gasteiger partial charge in [-0.2, -0.15) is 0 Å². The van der Waals surface area contributed by atoms with Crippen LogP contribution in [0.25, 0.3) is 11.5 Å². The van der Waals surface area contributed by atoms with Crippen molar-refractivity contribution in [3.8, 4) is 11.5 Å². The number of nitrogens with zero attached hydrogens (tertiary/aromatic N) is 1. The largest absolute Gasteiger partial charge is 0.480 e. The van der Waals surface area contributed by atoms with Crippen molar-refractivity contribution < 1.29 is 19.1 Å². The predicted molar refractivity (Wildman–Crippen MR) is 78.6 cm³/mol. The van der Waals surface area contributed by atoms with E-state index >= 15 is 0 Å². The van der Waals surface area contributed by atoms with E-state index in [9.17, 15) is 14.4 Å². The second kappa shape index (κ2) is 6.30. The summed E-state index contributed by atoms with van der Waals surface area (Å²) in [5.41, 5.74) is -0.249. The number of rotatable bonds is 5. The third-order valence-electron chi connectivity index (χ3n) is 3.12. The van der Waals surface area contributed by atoms with Crippen molar-refractivity contribution in [2.24, 2.45) is 0 Å². The molecule has 2 rings (SSSR count). The molecule has 0 bridgehead atoms. The Morgan fingerprint density at radius 1 is 1.32 bits per heavy atom. The van der Waals surface area contributed by atoms with Crippen LogP contribution in [0.15, 0.2) is 39.7 Å². The third kappa shape index (κ3) is 3.25. The Morgan fingerprint density at radius 3 is 2.55 bits per heavy atom. The first-order chi connectivity index (χ1) is 10.4. The molecule has 0 saturated carbocycles. The minimum atomic E-state index is -1.13. The van der Waals surface area contributed by atoms with Crippen LogP contribution in [0.1, 0.15) is 24.2 Å². The molecule has 0 radical (unpaired) electrons. The lowest BCUT2D eigenvalue weighted by Crippen LogP contribution is -2.42. The molecule has 116 valence electrons. The molecule has 0 aliphatic carbocycles. The molecule has 0 unspecified atom stereocenters. The summed E-state index contributed by atoms with van der Waals surface area (Å²) < 4.78 is 5.17. The van der Waals surface area contributed by atoms with Crippen LogP contribution in [0.4, 0.5) is 0 Å². The topological polar surface area (TPSA) is 104 Å². The Labute approximate surface area is 126 Å². The third-order valence-corrected chi connectivity index (χ3v) is 3.12. The molecule has 7 nitrogen and oxygen atoms in total. The second-order valence-corrected chi connectivity index (χ2v) is 5.01. The number of H-pyrrole nitrogens is 1. The van der Waals surface area contributed by atoms with E-state index in [2.05, 4.69) is 4.98 Å². The number of carboxylic acid groups (broad SMARTS) is 1. The van der Waals surface area contributed by atoms with Gasteiger partial charge in [-0.05, 0) is 38.1 Å². The van der Waals surface area contributed by atoms with Crippen LogP contribution in [0.5, 0.6) is 0 Å². The van der Waals surface area contributed by atoms with E-state index in [1.807, 2.05) is 0 Å². The average Bonchev–Trinajstić information content (AvgIpc) is 2.97. The van der Waals surface area contributed by atoms with Gasteiger partial charge in [0.15, 0.2) is 0 Å². The molecular formula is C15H16N2O5. The molecule has 0 spiro atoms. The Bertz CT molecular complexity index is 731. The Balaban J connectivity index is 2.34. The van der Waals surface area contributed by atoms with Crippen LogP contribution in [0.2, 0.25) is 0 Å². The maximum atomic E-state index is 12.4. The van der Waals surface area contributed by atoms with Gasteiger partial charge in [-0.3, -0.25) is 14.4 Å². The Hall–Kier alpha value is -2.83. The second-order valence-electron chi connectivity index (χ2n) is 5.01. The fourth-order valence-corrected chi connectivity index (χ4v) is 2.01. The smallest absolute Gasteiger partial charge is 0.323 e. The lowest BCUT2D eigenvalue weighted by Gasteiger charge is -2.24. The SMILES string of the molecule is CC(C)N(CC(=O)O)C(=O)c1ccc(-c2ccco2)[nH]c1=O. The first kappa shape index (κ1) is 15.6. The number of carbonyl (C=O) groups excluding carboxylic acids is 1. The highest BCUT2D eigenvalue weighted by Gasteiger charge is 2.23. The van der Waals surface area contributed by atoms with Gasteiger partial charge in [-0.25, -0.2) is 0 Å². The number of nitrogens with one attached hydrogen (secondary N) is 1. The molecule has 0 fully saturated rings.